The standard InChI is InChI=1S/C10H4ClFO3S/c11-9(13)7-4-5-3-6(16-12)1-2-8(5)15-10(7)14/h1-4H. The molecule has 1 aromatic carbocycles. The minimum absolute atomic E-state index is 0.0644. The van der Waals surface area contributed by atoms with Crippen molar-refractivity contribution in [3.05, 3.63) is 40.2 Å². The maximum absolute atomic E-state index is 12.3. The van der Waals surface area contributed by atoms with Crippen LogP contribution in [0.4, 0.5) is 3.89 Å². The van der Waals surface area contributed by atoms with E-state index in [1.807, 2.05) is 0 Å². The third-order valence-electron chi connectivity index (χ3n) is 2.00. The van der Waals surface area contributed by atoms with Gasteiger partial charge in [0.25, 0.3) is 5.24 Å². The Bertz CT molecular complexity index is 623. The van der Waals surface area contributed by atoms with Gasteiger partial charge in [0.05, 0.1) is 12.1 Å². The van der Waals surface area contributed by atoms with Crippen LogP contribution in [0.3, 0.4) is 0 Å². The molecular formula is C10H4ClFO3S. The van der Waals surface area contributed by atoms with Crippen LogP contribution in [0.25, 0.3) is 11.0 Å². The molecule has 1 heterocycles. The second-order valence-corrected chi connectivity index (χ2v) is 3.97. The average molecular weight is 259 g/mol. The zero-order chi connectivity index (χ0) is 11.7. The number of fused-ring (bicyclic) bond motifs is 1. The maximum Gasteiger partial charge on any atom is 0.348 e. The Morgan fingerprint density at radius 2 is 2.12 bits per heavy atom. The number of halogens is 2. The molecule has 0 N–H and O–H groups in total. The molecule has 0 unspecified atom stereocenters. The second kappa shape index (κ2) is 4.27. The summed E-state index contributed by atoms with van der Waals surface area (Å²) in [5.74, 6) is 0. The van der Waals surface area contributed by atoms with Crippen LogP contribution in [0.5, 0.6) is 0 Å². The predicted molar refractivity (Wildman–Crippen MR) is 59.6 cm³/mol. The molecule has 82 valence electrons. The Balaban J connectivity index is 2.75. The van der Waals surface area contributed by atoms with E-state index in [0.29, 0.717) is 10.3 Å². The number of hydrogen-bond donors (Lipinski definition) is 0. The van der Waals surface area contributed by atoms with Crippen molar-refractivity contribution in [3.63, 3.8) is 0 Å². The van der Waals surface area contributed by atoms with Gasteiger partial charge in [-0.3, -0.25) is 4.79 Å². The van der Waals surface area contributed by atoms with Gasteiger partial charge in [-0.15, -0.1) is 0 Å². The lowest BCUT2D eigenvalue weighted by Gasteiger charge is -1.99. The zero-order valence-corrected chi connectivity index (χ0v) is 9.27. The Labute approximate surface area is 98.5 Å². The lowest BCUT2D eigenvalue weighted by molar-refractivity contribution is 0.107. The number of carbonyl (C=O) groups excluding carboxylic acids is 1. The Hall–Kier alpha value is -1.33. The Morgan fingerprint density at radius 3 is 2.75 bits per heavy atom. The van der Waals surface area contributed by atoms with Gasteiger partial charge in [-0.2, -0.15) is 3.89 Å². The summed E-state index contributed by atoms with van der Waals surface area (Å²) < 4.78 is 17.2. The van der Waals surface area contributed by atoms with Crippen LogP contribution < -0.4 is 5.63 Å². The number of carbonyl (C=O) groups is 1. The van der Waals surface area contributed by atoms with Crippen LogP contribution in [-0.4, -0.2) is 5.24 Å². The first-order chi connectivity index (χ1) is 7.61. The highest BCUT2D eigenvalue weighted by Crippen LogP contribution is 2.24. The molecule has 0 aliphatic carbocycles. The van der Waals surface area contributed by atoms with Gasteiger partial charge < -0.3 is 4.42 Å². The molecule has 0 saturated heterocycles. The van der Waals surface area contributed by atoms with E-state index in [2.05, 4.69) is 0 Å². The minimum Gasteiger partial charge on any atom is -0.422 e. The normalized spacial score (nSPS) is 10.6. The maximum atomic E-state index is 12.3. The molecule has 0 atom stereocenters. The van der Waals surface area contributed by atoms with E-state index in [0.717, 1.165) is 0 Å². The molecule has 6 heteroatoms. The molecule has 2 rings (SSSR count). The quantitative estimate of drug-likeness (QED) is 0.613. The molecule has 0 amide bonds. The van der Waals surface area contributed by atoms with Crippen molar-refractivity contribution in [3.8, 4) is 0 Å². The highest BCUT2D eigenvalue weighted by Gasteiger charge is 2.11. The van der Waals surface area contributed by atoms with E-state index >= 15 is 0 Å². The molecule has 0 saturated carbocycles. The molecule has 3 nitrogen and oxygen atoms in total. The van der Waals surface area contributed by atoms with Crippen LogP contribution in [0.2, 0.25) is 0 Å². The molecule has 1 aromatic heterocycles. The summed E-state index contributed by atoms with van der Waals surface area (Å²) in [6, 6.07) is 5.68. The second-order valence-electron chi connectivity index (χ2n) is 3.00. The van der Waals surface area contributed by atoms with Gasteiger partial charge in [-0.05, 0) is 35.9 Å². The minimum atomic E-state index is -0.894. The highest BCUT2D eigenvalue weighted by atomic mass is 35.5. The third kappa shape index (κ3) is 1.96. The van der Waals surface area contributed by atoms with Crippen molar-refractivity contribution in [1.82, 2.24) is 0 Å². The molecule has 0 radical (unpaired) electrons. The lowest BCUT2D eigenvalue weighted by Crippen LogP contribution is -2.09. The van der Waals surface area contributed by atoms with Crippen molar-refractivity contribution in [2.45, 2.75) is 4.90 Å². The SMILES string of the molecule is O=C(Cl)c1cc2cc(SF)ccc2oc1=O. The van der Waals surface area contributed by atoms with Gasteiger partial charge in [0, 0.05) is 10.3 Å². The van der Waals surface area contributed by atoms with Crippen LogP contribution in [0.15, 0.2) is 38.4 Å². The molecule has 0 fully saturated rings. The zero-order valence-electron chi connectivity index (χ0n) is 7.70. The highest BCUT2D eigenvalue weighted by molar-refractivity contribution is 7.94. The van der Waals surface area contributed by atoms with E-state index < -0.39 is 10.9 Å². The lowest BCUT2D eigenvalue weighted by atomic mass is 10.2. The molecule has 0 aliphatic heterocycles. The summed E-state index contributed by atoms with van der Waals surface area (Å²) in [6.45, 7) is 0. The first kappa shape index (κ1) is 11.2. The Kier molecular flexibility index (Phi) is 2.98. The molecule has 0 aliphatic rings. The molecule has 16 heavy (non-hydrogen) atoms. The van der Waals surface area contributed by atoms with E-state index in [1.165, 1.54) is 24.3 Å². The fourth-order valence-corrected chi connectivity index (χ4v) is 1.71. The summed E-state index contributed by atoms with van der Waals surface area (Å²) in [5, 5.41) is -0.444. The predicted octanol–water partition coefficient (Wildman–Crippen LogP) is 3.15. The topological polar surface area (TPSA) is 47.3 Å². The van der Waals surface area contributed by atoms with E-state index in [4.69, 9.17) is 16.0 Å². The van der Waals surface area contributed by atoms with E-state index in [1.54, 1.807) is 0 Å². The van der Waals surface area contributed by atoms with Crippen molar-refractivity contribution < 1.29 is 13.1 Å². The number of hydrogen-bond acceptors (Lipinski definition) is 4. The molecule has 0 bridgehead atoms. The summed E-state index contributed by atoms with van der Waals surface area (Å²) >= 11 is 5.27. The van der Waals surface area contributed by atoms with Crippen molar-refractivity contribution in [2.24, 2.45) is 0 Å². The van der Waals surface area contributed by atoms with Crippen molar-refractivity contribution in [1.29, 1.82) is 0 Å². The first-order valence-electron chi connectivity index (χ1n) is 4.18. The Morgan fingerprint density at radius 1 is 1.38 bits per heavy atom. The van der Waals surface area contributed by atoms with Gasteiger partial charge >= 0.3 is 5.63 Å². The smallest absolute Gasteiger partial charge is 0.348 e. The van der Waals surface area contributed by atoms with Crippen LogP contribution in [0, 0.1) is 0 Å². The largest absolute Gasteiger partial charge is 0.422 e. The number of rotatable bonds is 2. The van der Waals surface area contributed by atoms with Gasteiger partial charge in [-0.25, -0.2) is 4.79 Å². The first-order valence-corrected chi connectivity index (χ1v) is 5.27. The summed E-state index contributed by atoms with van der Waals surface area (Å²) in [7, 11) is 0. The fourth-order valence-electron chi connectivity index (χ4n) is 1.29. The van der Waals surface area contributed by atoms with Gasteiger partial charge in [0.2, 0.25) is 0 Å². The third-order valence-corrected chi connectivity index (χ3v) is 2.64. The average Bonchev–Trinajstić information content (AvgIpc) is 2.27. The van der Waals surface area contributed by atoms with Crippen LogP contribution in [-0.2, 0) is 0 Å². The van der Waals surface area contributed by atoms with Crippen molar-refractivity contribution >= 4 is 40.0 Å². The van der Waals surface area contributed by atoms with E-state index in [9.17, 15) is 13.5 Å². The van der Waals surface area contributed by atoms with Crippen LogP contribution >= 0.6 is 23.7 Å². The molecular weight excluding hydrogens is 255 g/mol. The summed E-state index contributed by atoms with van der Waals surface area (Å²) in [4.78, 5) is 22.5. The van der Waals surface area contributed by atoms with Crippen molar-refractivity contribution in [2.75, 3.05) is 0 Å². The van der Waals surface area contributed by atoms with Gasteiger partial charge in [0.15, 0.2) is 0 Å². The van der Waals surface area contributed by atoms with Gasteiger partial charge in [-0.1, -0.05) is 0 Å². The van der Waals surface area contributed by atoms with Crippen LogP contribution in [0.1, 0.15) is 10.4 Å². The summed E-state index contributed by atoms with van der Waals surface area (Å²) in [6.07, 6.45) is 0. The fraction of sp³-hybridized carbons (Fsp3) is 0. The number of benzene rings is 1. The monoisotopic (exact) mass is 258 g/mol. The van der Waals surface area contributed by atoms with E-state index in [-0.39, 0.29) is 23.3 Å². The molecule has 0 spiro atoms. The van der Waals surface area contributed by atoms with Gasteiger partial charge in [0.1, 0.15) is 11.1 Å². The summed E-state index contributed by atoms with van der Waals surface area (Å²) in [5.41, 5.74) is -0.771. The molecule has 2 aromatic rings.